The predicted molar refractivity (Wildman–Crippen MR) is 129 cm³/mol. The van der Waals surface area contributed by atoms with Crippen LogP contribution in [0.3, 0.4) is 0 Å². The Balaban J connectivity index is 1.81. The van der Waals surface area contributed by atoms with E-state index in [1.54, 1.807) is 6.07 Å². The van der Waals surface area contributed by atoms with Crippen LogP contribution in [0.15, 0.2) is 35.8 Å². The molecule has 0 saturated carbocycles. The van der Waals surface area contributed by atoms with Gasteiger partial charge in [-0.05, 0) is 25.6 Å². The Kier molecular flexibility index (Phi) is 7.08. The molecule has 13 heteroatoms. The van der Waals surface area contributed by atoms with Gasteiger partial charge in [-0.15, -0.1) is 0 Å². The lowest BCUT2D eigenvalue weighted by molar-refractivity contribution is -0.116. The zero-order valence-electron chi connectivity index (χ0n) is 19.9. The maximum atomic E-state index is 13.4. The maximum absolute atomic E-state index is 13.4. The standard InChI is InChI=1S/C24H22FN9O3/c1-15(32-6-3-7-32)19-8-23-33(13-22(36)29-21-5-4-16(25)11-28-21)20(14-35)18(24(37)34(23)30-19)12-31(2)17(9-26)10-27/h4-5,8,11,14,17H,1,3,6-7,12-13H2,2H3,(H,28,29,36). The van der Waals surface area contributed by atoms with Crippen molar-refractivity contribution in [1.82, 2.24) is 29.0 Å². The summed E-state index contributed by atoms with van der Waals surface area (Å²) in [6.45, 7) is 5.01. The largest absolute Gasteiger partial charge is 0.370 e. The van der Waals surface area contributed by atoms with E-state index in [1.165, 1.54) is 22.6 Å². The summed E-state index contributed by atoms with van der Waals surface area (Å²) < 4.78 is 15.6. The summed E-state index contributed by atoms with van der Waals surface area (Å²) in [6.07, 6.45) is 2.39. The lowest BCUT2D eigenvalue weighted by atomic mass is 10.1. The van der Waals surface area contributed by atoms with Crippen LogP contribution in [0.2, 0.25) is 0 Å². The molecule has 3 aromatic heterocycles. The molecule has 1 saturated heterocycles. The summed E-state index contributed by atoms with van der Waals surface area (Å²) in [6, 6.07) is 6.46. The third-order valence-electron chi connectivity index (χ3n) is 6.05. The highest BCUT2D eigenvalue weighted by molar-refractivity contribution is 5.90. The highest BCUT2D eigenvalue weighted by Crippen LogP contribution is 2.23. The Morgan fingerprint density at radius 3 is 2.65 bits per heavy atom. The SMILES string of the molecule is C=C(c1cc2n(CC(=O)Nc3ccc(F)cn3)c(C=O)c(CN(C)C(C#N)C#N)c(=O)n2n1)N1CCC1. The third-order valence-corrected chi connectivity index (χ3v) is 6.05. The molecule has 0 bridgehead atoms. The van der Waals surface area contributed by atoms with Crippen molar-refractivity contribution in [1.29, 1.82) is 10.5 Å². The molecule has 0 atom stereocenters. The molecule has 1 N–H and O–H groups in total. The van der Waals surface area contributed by atoms with Gasteiger partial charge in [0.15, 0.2) is 12.3 Å². The number of rotatable bonds is 9. The number of aromatic nitrogens is 4. The minimum atomic E-state index is -1.17. The number of halogens is 1. The number of fused-ring (bicyclic) bond motifs is 1. The summed E-state index contributed by atoms with van der Waals surface area (Å²) in [5.41, 5.74) is 0.397. The normalized spacial score (nSPS) is 12.8. The zero-order chi connectivity index (χ0) is 26.7. The summed E-state index contributed by atoms with van der Waals surface area (Å²) >= 11 is 0. The maximum Gasteiger partial charge on any atom is 0.279 e. The molecular formula is C24H22FN9O3. The van der Waals surface area contributed by atoms with E-state index in [-0.39, 0.29) is 29.3 Å². The Morgan fingerprint density at radius 2 is 2.08 bits per heavy atom. The monoisotopic (exact) mass is 503 g/mol. The fourth-order valence-corrected chi connectivity index (χ4v) is 3.92. The van der Waals surface area contributed by atoms with Gasteiger partial charge in [0.05, 0.1) is 35.3 Å². The van der Waals surface area contributed by atoms with Gasteiger partial charge in [-0.25, -0.2) is 9.37 Å². The van der Waals surface area contributed by atoms with Crippen LogP contribution in [0.5, 0.6) is 0 Å². The van der Waals surface area contributed by atoms with E-state index in [4.69, 9.17) is 0 Å². The number of carbonyl (C=O) groups is 2. The van der Waals surface area contributed by atoms with Gasteiger partial charge in [-0.1, -0.05) is 6.58 Å². The van der Waals surface area contributed by atoms with E-state index < -0.39 is 29.9 Å². The molecule has 0 aliphatic carbocycles. The fourth-order valence-electron chi connectivity index (χ4n) is 3.92. The Hall–Kier alpha value is -4.88. The summed E-state index contributed by atoms with van der Waals surface area (Å²) in [4.78, 5) is 45.7. The number of likely N-dealkylation sites (tertiary alicyclic amines) is 1. The molecule has 188 valence electrons. The van der Waals surface area contributed by atoms with Gasteiger partial charge < -0.3 is 14.8 Å². The van der Waals surface area contributed by atoms with Gasteiger partial charge in [0, 0.05) is 25.7 Å². The summed E-state index contributed by atoms with van der Waals surface area (Å²) in [7, 11) is 1.47. The second-order valence-electron chi connectivity index (χ2n) is 8.45. The number of hydrogen-bond acceptors (Lipinski definition) is 9. The predicted octanol–water partition coefficient (Wildman–Crippen LogP) is 1.01. The van der Waals surface area contributed by atoms with Crippen molar-refractivity contribution < 1.29 is 14.0 Å². The highest BCUT2D eigenvalue weighted by atomic mass is 19.1. The first-order valence-electron chi connectivity index (χ1n) is 11.2. The number of carbonyl (C=O) groups excluding carboxylic acids is 2. The summed E-state index contributed by atoms with van der Waals surface area (Å²) in [5, 5.41) is 25.4. The molecule has 12 nitrogen and oxygen atoms in total. The van der Waals surface area contributed by atoms with Gasteiger partial charge in [0.25, 0.3) is 5.56 Å². The lowest BCUT2D eigenvalue weighted by Gasteiger charge is -2.33. The van der Waals surface area contributed by atoms with Crippen molar-refractivity contribution in [3.8, 4) is 12.1 Å². The van der Waals surface area contributed by atoms with E-state index >= 15 is 0 Å². The van der Waals surface area contributed by atoms with Crippen LogP contribution in [-0.2, 0) is 17.9 Å². The van der Waals surface area contributed by atoms with Crippen LogP contribution < -0.4 is 10.9 Å². The van der Waals surface area contributed by atoms with Crippen molar-refractivity contribution in [3.05, 3.63) is 64.1 Å². The van der Waals surface area contributed by atoms with Crippen molar-refractivity contribution >= 4 is 29.4 Å². The van der Waals surface area contributed by atoms with Crippen LogP contribution in [0.25, 0.3) is 11.3 Å². The first kappa shape index (κ1) is 25.2. The van der Waals surface area contributed by atoms with Gasteiger partial charge in [0.1, 0.15) is 29.5 Å². The van der Waals surface area contributed by atoms with Crippen molar-refractivity contribution in [2.24, 2.45) is 0 Å². The second-order valence-corrected chi connectivity index (χ2v) is 8.45. The van der Waals surface area contributed by atoms with Crippen LogP contribution >= 0.6 is 0 Å². The van der Waals surface area contributed by atoms with E-state index in [0.717, 1.165) is 36.3 Å². The number of nitriles is 2. The molecule has 0 unspecified atom stereocenters. The molecule has 1 fully saturated rings. The quantitative estimate of drug-likeness (QED) is 0.422. The average molecular weight is 503 g/mol. The first-order chi connectivity index (χ1) is 17.8. The fraction of sp³-hybridized carbons (Fsp3) is 0.292. The van der Waals surface area contributed by atoms with Crippen LogP contribution in [0, 0.1) is 28.5 Å². The molecule has 4 rings (SSSR count). The molecule has 37 heavy (non-hydrogen) atoms. The smallest absolute Gasteiger partial charge is 0.279 e. The Labute approximate surface area is 210 Å². The van der Waals surface area contributed by atoms with Crippen LogP contribution in [-0.4, -0.2) is 67.3 Å². The molecule has 1 amide bonds. The van der Waals surface area contributed by atoms with Crippen molar-refractivity contribution in [2.75, 3.05) is 25.5 Å². The molecule has 0 radical (unpaired) electrons. The molecule has 1 aliphatic rings. The number of amides is 1. The molecule has 1 aliphatic heterocycles. The molecular weight excluding hydrogens is 481 g/mol. The van der Waals surface area contributed by atoms with Crippen molar-refractivity contribution in [2.45, 2.75) is 25.6 Å². The number of hydrogen-bond donors (Lipinski definition) is 1. The lowest BCUT2D eigenvalue weighted by Crippen LogP contribution is -2.36. The number of pyridine rings is 1. The minimum Gasteiger partial charge on any atom is -0.370 e. The topological polar surface area (TPSA) is 152 Å². The molecule has 3 aromatic rings. The van der Waals surface area contributed by atoms with E-state index in [0.29, 0.717) is 17.7 Å². The third kappa shape index (κ3) is 4.94. The Bertz CT molecular complexity index is 1510. The molecule has 0 spiro atoms. The first-order valence-corrected chi connectivity index (χ1v) is 11.2. The number of aldehydes is 1. The van der Waals surface area contributed by atoms with E-state index in [9.17, 15) is 29.3 Å². The van der Waals surface area contributed by atoms with E-state index in [2.05, 4.69) is 22.0 Å². The second kappa shape index (κ2) is 10.4. The highest BCUT2D eigenvalue weighted by Gasteiger charge is 2.25. The number of nitrogens with one attached hydrogen (secondary N) is 1. The van der Waals surface area contributed by atoms with Gasteiger partial charge in [-0.3, -0.25) is 19.3 Å². The molecule has 4 heterocycles. The van der Waals surface area contributed by atoms with Crippen LogP contribution in [0.4, 0.5) is 10.2 Å². The van der Waals surface area contributed by atoms with E-state index in [1.807, 2.05) is 17.0 Å². The molecule has 0 aromatic carbocycles. The number of anilines is 1. The van der Waals surface area contributed by atoms with Gasteiger partial charge in [-0.2, -0.15) is 20.1 Å². The average Bonchev–Trinajstić information content (AvgIpc) is 3.29. The van der Waals surface area contributed by atoms with Crippen molar-refractivity contribution in [3.63, 3.8) is 0 Å². The minimum absolute atomic E-state index is 0.0441. The van der Waals surface area contributed by atoms with Gasteiger partial charge >= 0.3 is 0 Å². The van der Waals surface area contributed by atoms with Crippen LogP contribution in [0.1, 0.15) is 28.2 Å². The van der Waals surface area contributed by atoms with Gasteiger partial charge in [0.2, 0.25) is 5.91 Å². The zero-order valence-corrected chi connectivity index (χ0v) is 19.9. The summed E-state index contributed by atoms with van der Waals surface area (Å²) in [5.74, 6) is -1.06. The number of nitrogens with zero attached hydrogens (tertiary/aromatic N) is 8. The Morgan fingerprint density at radius 1 is 1.35 bits per heavy atom.